The molecule has 1 N–H and O–H groups in total. The number of piperidine rings is 1. The lowest BCUT2D eigenvalue weighted by Crippen LogP contribution is -2.41. The summed E-state index contributed by atoms with van der Waals surface area (Å²) in [5.74, 6) is 0.818. The zero-order valence-corrected chi connectivity index (χ0v) is 14.1. The van der Waals surface area contributed by atoms with Gasteiger partial charge in [0, 0.05) is 49.1 Å². The molecular weight excluding hydrogens is 284 g/mol. The molecule has 1 saturated heterocycles. The molecule has 1 fully saturated rings. The lowest BCUT2D eigenvalue weighted by Gasteiger charge is -2.39. The minimum Gasteiger partial charge on any atom is -0.383 e. The number of ether oxygens (including phenoxy) is 1. The molecule has 4 heteroatoms. The summed E-state index contributed by atoms with van der Waals surface area (Å²) >= 11 is 6.44. The summed E-state index contributed by atoms with van der Waals surface area (Å²) < 4.78 is 5.08. The molecule has 2 atom stereocenters. The Balaban J connectivity index is 2.13. The van der Waals surface area contributed by atoms with Crippen molar-refractivity contribution in [1.29, 1.82) is 0 Å². The molecular formula is C17H27ClN2O. The van der Waals surface area contributed by atoms with Crippen LogP contribution in [0.25, 0.3) is 0 Å². The predicted molar refractivity (Wildman–Crippen MR) is 90.2 cm³/mol. The van der Waals surface area contributed by atoms with E-state index in [9.17, 15) is 0 Å². The lowest BCUT2D eigenvalue weighted by atomic mass is 9.92. The smallest absolute Gasteiger partial charge is 0.0587 e. The van der Waals surface area contributed by atoms with Crippen molar-refractivity contribution in [2.24, 2.45) is 5.92 Å². The van der Waals surface area contributed by atoms with Gasteiger partial charge in [0.1, 0.15) is 0 Å². The third-order valence-corrected chi connectivity index (χ3v) is 4.68. The average Bonchev–Trinajstić information content (AvgIpc) is 2.45. The van der Waals surface area contributed by atoms with E-state index in [-0.39, 0.29) is 0 Å². The number of hydrogen-bond acceptors (Lipinski definition) is 3. The van der Waals surface area contributed by atoms with Gasteiger partial charge in [-0.15, -0.1) is 0 Å². The Morgan fingerprint density at radius 3 is 2.90 bits per heavy atom. The fourth-order valence-corrected chi connectivity index (χ4v) is 3.38. The van der Waals surface area contributed by atoms with Gasteiger partial charge in [-0.05, 0) is 37.8 Å². The standard InChI is InChI=1S/C17H27ClN2O/c1-13-7-9-20(14(2)11-13)17-6-4-5-16(18)15(17)12-19-8-10-21-3/h4-6,13-14,19H,7-12H2,1-3H3. The fraction of sp³-hybridized carbons (Fsp3) is 0.647. The van der Waals surface area contributed by atoms with Crippen LogP contribution in [-0.4, -0.2) is 32.8 Å². The maximum atomic E-state index is 6.44. The van der Waals surface area contributed by atoms with E-state index in [2.05, 4.69) is 36.2 Å². The van der Waals surface area contributed by atoms with Crippen molar-refractivity contribution in [1.82, 2.24) is 5.32 Å². The van der Waals surface area contributed by atoms with E-state index in [1.807, 2.05) is 6.07 Å². The van der Waals surface area contributed by atoms with Crippen LogP contribution >= 0.6 is 11.6 Å². The van der Waals surface area contributed by atoms with Gasteiger partial charge in [0.05, 0.1) is 6.61 Å². The Morgan fingerprint density at radius 1 is 1.38 bits per heavy atom. The number of halogens is 1. The van der Waals surface area contributed by atoms with E-state index >= 15 is 0 Å². The Morgan fingerprint density at radius 2 is 2.19 bits per heavy atom. The highest BCUT2D eigenvalue weighted by Crippen LogP contribution is 2.33. The quantitative estimate of drug-likeness (QED) is 0.811. The highest BCUT2D eigenvalue weighted by atomic mass is 35.5. The van der Waals surface area contributed by atoms with Gasteiger partial charge in [-0.2, -0.15) is 0 Å². The molecule has 0 spiro atoms. The lowest BCUT2D eigenvalue weighted by molar-refractivity contribution is 0.199. The van der Waals surface area contributed by atoms with E-state index in [1.165, 1.54) is 24.1 Å². The monoisotopic (exact) mass is 310 g/mol. The normalized spacial score (nSPS) is 22.6. The second-order valence-corrected chi connectivity index (χ2v) is 6.49. The van der Waals surface area contributed by atoms with Crippen molar-refractivity contribution in [2.45, 2.75) is 39.3 Å². The molecule has 1 aliphatic rings. The second-order valence-electron chi connectivity index (χ2n) is 6.08. The molecule has 21 heavy (non-hydrogen) atoms. The fourth-order valence-electron chi connectivity index (χ4n) is 3.14. The summed E-state index contributed by atoms with van der Waals surface area (Å²) in [7, 11) is 1.72. The predicted octanol–water partition coefficient (Wildman–Crippen LogP) is 3.70. The molecule has 0 saturated carbocycles. The first-order valence-corrected chi connectivity index (χ1v) is 8.25. The third-order valence-electron chi connectivity index (χ3n) is 4.33. The van der Waals surface area contributed by atoms with Crippen molar-refractivity contribution in [2.75, 3.05) is 31.7 Å². The number of rotatable bonds is 6. The van der Waals surface area contributed by atoms with E-state index < -0.39 is 0 Å². The van der Waals surface area contributed by atoms with Crippen LogP contribution in [0.3, 0.4) is 0 Å². The molecule has 0 aromatic heterocycles. The zero-order chi connectivity index (χ0) is 15.2. The molecule has 1 aliphatic heterocycles. The molecule has 1 aromatic carbocycles. The molecule has 1 heterocycles. The van der Waals surface area contributed by atoms with Crippen LogP contribution in [0.5, 0.6) is 0 Å². The van der Waals surface area contributed by atoms with Crippen LogP contribution in [0.15, 0.2) is 18.2 Å². The van der Waals surface area contributed by atoms with Crippen molar-refractivity contribution in [3.63, 3.8) is 0 Å². The van der Waals surface area contributed by atoms with Gasteiger partial charge in [-0.1, -0.05) is 24.6 Å². The number of nitrogens with one attached hydrogen (secondary N) is 1. The maximum Gasteiger partial charge on any atom is 0.0587 e. The number of benzene rings is 1. The van der Waals surface area contributed by atoms with Crippen LogP contribution in [0.2, 0.25) is 5.02 Å². The number of hydrogen-bond donors (Lipinski definition) is 1. The minimum atomic E-state index is 0.574. The Kier molecular flexibility index (Phi) is 6.34. The van der Waals surface area contributed by atoms with Crippen LogP contribution in [-0.2, 0) is 11.3 Å². The highest BCUT2D eigenvalue weighted by Gasteiger charge is 2.25. The van der Waals surface area contributed by atoms with Gasteiger partial charge < -0.3 is 15.0 Å². The Labute approximate surface area is 133 Å². The van der Waals surface area contributed by atoms with Gasteiger partial charge in [-0.25, -0.2) is 0 Å². The van der Waals surface area contributed by atoms with Crippen LogP contribution < -0.4 is 10.2 Å². The van der Waals surface area contributed by atoms with Crippen molar-refractivity contribution < 1.29 is 4.74 Å². The van der Waals surface area contributed by atoms with Crippen LogP contribution in [0, 0.1) is 5.92 Å². The minimum absolute atomic E-state index is 0.574. The summed E-state index contributed by atoms with van der Waals surface area (Å²) in [6.45, 7) is 8.13. The van der Waals surface area contributed by atoms with E-state index in [0.717, 1.165) is 37.2 Å². The van der Waals surface area contributed by atoms with E-state index in [1.54, 1.807) is 7.11 Å². The van der Waals surface area contributed by atoms with Gasteiger partial charge in [-0.3, -0.25) is 0 Å². The van der Waals surface area contributed by atoms with Gasteiger partial charge in [0.2, 0.25) is 0 Å². The number of nitrogens with zero attached hydrogens (tertiary/aromatic N) is 1. The number of methoxy groups -OCH3 is 1. The molecule has 118 valence electrons. The van der Waals surface area contributed by atoms with Crippen LogP contribution in [0.4, 0.5) is 5.69 Å². The zero-order valence-electron chi connectivity index (χ0n) is 13.4. The first-order chi connectivity index (χ1) is 10.1. The third kappa shape index (κ3) is 4.35. The van der Waals surface area contributed by atoms with Gasteiger partial charge >= 0.3 is 0 Å². The maximum absolute atomic E-state index is 6.44. The van der Waals surface area contributed by atoms with Crippen molar-refractivity contribution in [3.05, 3.63) is 28.8 Å². The SMILES string of the molecule is COCCNCc1c(Cl)cccc1N1CCC(C)CC1C. The molecule has 3 nitrogen and oxygen atoms in total. The van der Waals surface area contributed by atoms with Gasteiger partial charge in [0.15, 0.2) is 0 Å². The first-order valence-electron chi connectivity index (χ1n) is 7.87. The summed E-state index contributed by atoms with van der Waals surface area (Å²) in [4.78, 5) is 2.51. The molecule has 0 aliphatic carbocycles. The average molecular weight is 311 g/mol. The van der Waals surface area contributed by atoms with Crippen molar-refractivity contribution in [3.8, 4) is 0 Å². The van der Waals surface area contributed by atoms with Crippen LogP contribution in [0.1, 0.15) is 32.3 Å². The molecule has 0 amide bonds. The van der Waals surface area contributed by atoms with E-state index in [4.69, 9.17) is 16.3 Å². The Hall–Kier alpha value is -0.770. The summed E-state index contributed by atoms with van der Waals surface area (Å²) in [5, 5.41) is 4.26. The van der Waals surface area contributed by atoms with E-state index in [0.29, 0.717) is 6.04 Å². The number of anilines is 1. The molecule has 2 unspecified atom stereocenters. The molecule has 1 aromatic rings. The van der Waals surface area contributed by atoms with Crippen molar-refractivity contribution >= 4 is 17.3 Å². The molecule has 0 bridgehead atoms. The highest BCUT2D eigenvalue weighted by molar-refractivity contribution is 6.31. The Bertz CT molecular complexity index is 452. The largest absolute Gasteiger partial charge is 0.383 e. The second kappa shape index (κ2) is 8.02. The molecule has 0 radical (unpaired) electrons. The summed E-state index contributed by atoms with van der Waals surface area (Å²) in [5.41, 5.74) is 2.49. The topological polar surface area (TPSA) is 24.5 Å². The van der Waals surface area contributed by atoms with Gasteiger partial charge in [0.25, 0.3) is 0 Å². The summed E-state index contributed by atoms with van der Waals surface area (Å²) in [6, 6.07) is 6.81. The summed E-state index contributed by atoms with van der Waals surface area (Å²) in [6.07, 6.45) is 2.51. The molecule has 2 rings (SSSR count). The first kappa shape index (κ1) is 16.6.